The first-order valence-corrected chi connectivity index (χ1v) is 12.9. The Morgan fingerprint density at radius 3 is 1.74 bits per heavy atom. The van der Waals surface area contributed by atoms with E-state index in [2.05, 4.69) is 17.8 Å². The number of hydrogen-bond acceptors (Lipinski definition) is 5. The number of carbonyl (C=O) groups is 3. The third-order valence-corrected chi connectivity index (χ3v) is 5.06. The molecule has 0 aliphatic rings. The summed E-state index contributed by atoms with van der Waals surface area (Å²) in [6, 6.07) is -1.55. The molecule has 160 valence electrons. The van der Waals surface area contributed by atoms with Gasteiger partial charge in [0, 0.05) is 12.8 Å². The van der Waals surface area contributed by atoms with Crippen LogP contribution in [0.3, 0.4) is 0 Å². The minimum Gasteiger partial charge on any atom is -0.480 e. The Morgan fingerprint density at radius 1 is 0.963 bits per heavy atom. The summed E-state index contributed by atoms with van der Waals surface area (Å²) in [5.74, 6) is -0.244. The van der Waals surface area contributed by atoms with Gasteiger partial charge >= 0.3 is 18.0 Å². The van der Waals surface area contributed by atoms with Gasteiger partial charge in [-0.25, -0.2) is 9.59 Å². The van der Waals surface area contributed by atoms with Crippen molar-refractivity contribution in [3.8, 4) is 0 Å². The van der Waals surface area contributed by atoms with Crippen LogP contribution in [0.4, 0.5) is 4.79 Å². The molecule has 0 saturated carbocycles. The predicted molar refractivity (Wildman–Crippen MR) is 114 cm³/mol. The highest BCUT2D eigenvalue weighted by Gasteiger charge is 2.25. The van der Waals surface area contributed by atoms with Crippen molar-refractivity contribution in [2.75, 3.05) is 36.5 Å². The summed E-state index contributed by atoms with van der Waals surface area (Å²) < 4.78 is 5.01. The van der Waals surface area contributed by atoms with Gasteiger partial charge in [-0.1, -0.05) is 0 Å². The van der Waals surface area contributed by atoms with E-state index >= 15 is 0 Å². The van der Waals surface area contributed by atoms with Gasteiger partial charge in [0.2, 0.25) is 0 Å². The van der Waals surface area contributed by atoms with E-state index in [9.17, 15) is 14.4 Å². The second kappa shape index (κ2) is 14.0. The van der Waals surface area contributed by atoms with Crippen molar-refractivity contribution in [3.05, 3.63) is 0 Å². The number of amides is 1. The fourth-order valence-electron chi connectivity index (χ4n) is 1.55. The van der Waals surface area contributed by atoms with Gasteiger partial charge in [0.25, 0.3) is 0 Å². The SMILES string of the molecule is C[S+](C)CCC(N)C(=O)O.C[S+](C)CCC(NC(=O)OC(C)(C)C)C(=O)O. The first-order valence-electron chi connectivity index (χ1n) is 8.44. The third-order valence-electron chi connectivity index (χ3n) is 2.96. The molecule has 0 fully saturated rings. The molecule has 0 aliphatic heterocycles. The van der Waals surface area contributed by atoms with Crippen molar-refractivity contribution in [3.63, 3.8) is 0 Å². The number of hydrogen-bond donors (Lipinski definition) is 4. The molecule has 0 spiro atoms. The topological polar surface area (TPSA) is 139 Å². The smallest absolute Gasteiger partial charge is 0.408 e. The largest absolute Gasteiger partial charge is 0.480 e. The Kier molecular flexibility index (Phi) is 14.5. The summed E-state index contributed by atoms with van der Waals surface area (Å²) in [6.07, 6.45) is 8.55. The summed E-state index contributed by atoms with van der Waals surface area (Å²) in [4.78, 5) is 32.6. The van der Waals surface area contributed by atoms with Gasteiger partial charge < -0.3 is 26.0 Å². The highest BCUT2D eigenvalue weighted by atomic mass is 32.2. The zero-order valence-electron chi connectivity index (χ0n) is 17.4. The summed E-state index contributed by atoms with van der Waals surface area (Å²) in [5.41, 5.74) is 4.65. The van der Waals surface area contributed by atoms with Crippen molar-refractivity contribution in [2.45, 2.75) is 51.3 Å². The maximum atomic E-state index is 11.4. The number of nitrogens with one attached hydrogen (secondary N) is 1. The number of rotatable bonds is 9. The molecule has 5 N–H and O–H groups in total. The summed E-state index contributed by atoms with van der Waals surface area (Å²) in [6.45, 7) is 5.20. The Balaban J connectivity index is 0. The molecule has 2 unspecified atom stereocenters. The first-order chi connectivity index (χ1) is 12.2. The van der Waals surface area contributed by atoms with Gasteiger partial charge in [0.1, 0.15) is 29.2 Å². The second-order valence-corrected chi connectivity index (χ2v) is 12.2. The fraction of sp³-hybridized carbons (Fsp3) is 0.824. The molecule has 0 aliphatic carbocycles. The zero-order chi connectivity index (χ0) is 21.8. The van der Waals surface area contributed by atoms with Gasteiger partial charge in [0.15, 0.2) is 0 Å². The van der Waals surface area contributed by atoms with Crippen LogP contribution in [-0.2, 0) is 36.1 Å². The van der Waals surface area contributed by atoms with Gasteiger partial charge in [-0.2, -0.15) is 0 Å². The Morgan fingerprint density at radius 2 is 1.41 bits per heavy atom. The molecule has 0 bridgehead atoms. The highest BCUT2D eigenvalue weighted by molar-refractivity contribution is 7.95. The van der Waals surface area contributed by atoms with E-state index in [-0.39, 0.29) is 10.9 Å². The quantitative estimate of drug-likeness (QED) is 0.400. The number of carboxylic acids is 2. The average Bonchev–Trinajstić information content (AvgIpc) is 2.47. The van der Waals surface area contributed by atoms with E-state index in [0.717, 1.165) is 11.5 Å². The van der Waals surface area contributed by atoms with Crippen molar-refractivity contribution < 1.29 is 29.3 Å². The molecule has 8 nitrogen and oxygen atoms in total. The Bertz CT molecular complexity index is 467. The molecule has 0 aromatic rings. The van der Waals surface area contributed by atoms with Gasteiger partial charge in [-0.3, -0.25) is 4.79 Å². The lowest BCUT2D eigenvalue weighted by Crippen LogP contribution is -2.44. The molecular weight excluding hydrogens is 392 g/mol. The average molecular weight is 429 g/mol. The van der Waals surface area contributed by atoms with E-state index in [1.165, 1.54) is 0 Å². The van der Waals surface area contributed by atoms with E-state index in [1.54, 1.807) is 20.8 Å². The Hall–Kier alpha value is -1.13. The number of alkyl carbamates (subject to hydrolysis) is 1. The number of ether oxygens (including phenoxy) is 1. The summed E-state index contributed by atoms with van der Waals surface area (Å²) >= 11 is 0. The third kappa shape index (κ3) is 19.4. The maximum absolute atomic E-state index is 11.4. The lowest BCUT2D eigenvalue weighted by molar-refractivity contribution is -0.140. The number of nitrogens with two attached hydrogens (primary N) is 1. The number of carbonyl (C=O) groups excluding carboxylic acids is 1. The molecule has 10 heteroatoms. The van der Waals surface area contributed by atoms with Crippen LogP contribution < -0.4 is 11.1 Å². The summed E-state index contributed by atoms with van der Waals surface area (Å²) in [5, 5.41) is 19.7. The highest BCUT2D eigenvalue weighted by Crippen LogP contribution is 2.07. The van der Waals surface area contributed by atoms with Crippen LogP contribution >= 0.6 is 0 Å². The molecule has 2 atom stereocenters. The van der Waals surface area contributed by atoms with Crippen LogP contribution in [0.1, 0.15) is 33.6 Å². The van der Waals surface area contributed by atoms with Crippen LogP contribution in [0, 0.1) is 0 Å². The molecule has 27 heavy (non-hydrogen) atoms. The van der Waals surface area contributed by atoms with E-state index in [0.29, 0.717) is 23.7 Å². The van der Waals surface area contributed by atoms with Crippen molar-refractivity contribution >= 4 is 39.8 Å². The molecule has 0 saturated heterocycles. The van der Waals surface area contributed by atoms with Crippen LogP contribution in [-0.4, -0.2) is 82.5 Å². The minimum atomic E-state index is -1.03. The van der Waals surface area contributed by atoms with E-state index in [1.807, 2.05) is 12.5 Å². The van der Waals surface area contributed by atoms with Gasteiger partial charge in [-0.15, -0.1) is 0 Å². The van der Waals surface area contributed by atoms with Crippen LogP contribution in [0.5, 0.6) is 0 Å². The lowest BCUT2D eigenvalue weighted by Gasteiger charge is -2.21. The predicted octanol–water partition coefficient (Wildman–Crippen LogP) is 0.899. The van der Waals surface area contributed by atoms with Gasteiger partial charge in [-0.05, 0) is 42.6 Å². The van der Waals surface area contributed by atoms with Crippen molar-refractivity contribution in [1.29, 1.82) is 0 Å². The Labute approximate surface area is 168 Å². The van der Waals surface area contributed by atoms with Crippen molar-refractivity contribution in [2.24, 2.45) is 5.73 Å². The second-order valence-electron chi connectivity index (χ2n) is 7.44. The normalized spacial score (nSPS) is 13.4. The van der Waals surface area contributed by atoms with Crippen molar-refractivity contribution in [1.82, 2.24) is 5.32 Å². The molecule has 0 radical (unpaired) electrons. The van der Waals surface area contributed by atoms with Gasteiger partial charge in [0.05, 0.1) is 25.0 Å². The fourth-order valence-corrected chi connectivity index (χ4v) is 2.98. The van der Waals surface area contributed by atoms with E-state index < -0.39 is 35.7 Å². The molecule has 0 rings (SSSR count). The lowest BCUT2D eigenvalue weighted by atomic mass is 10.2. The van der Waals surface area contributed by atoms with Crippen LogP contribution in [0.25, 0.3) is 0 Å². The van der Waals surface area contributed by atoms with Crippen LogP contribution in [0.15, 0.2) is 0 Å². The standard InChI is InChI=1S/C11H21NO4S.C6H13NO2S/c1-11(2,3)16-10(15)12-8(9(13)14)6-7-17(4)5;1-10(2)4-3-5(7)6(8)9/h8H,6-7H2,1-5H3,(H-,12,13,14,15);5H,3-4,7H2,1-2H3/p+2. The van der Waals surface area contributed by atoms with Crippen LogP contribution in [0.2, 0.25) is 0 Å². The zero-order valence-corrected chi connectivity index (χ0v) is 19.0. The maximum Gasteiger partial charge on any atom is 0.408 e. The first kappa shape index (κ1) is 28.1. The molecule has 1 amide bonds. The molecule has 0 aromatic carbocycles. The molecule has 0 heterocycles. The number of carboxylic acid groups (broad SMARTS) is 2. The monoisotopic (exact) mass is 428 g/mol. The summed E-state index contributed by atoms with van der Waals surface area (Å²) in [7, 11) is 0.462. The molecular formula is C17H36N2O6S2+2. The molecule has 0 aromatic heterocycles. The number of aliphatic carboxylic acids is 2. The minimum absolute atomic E-state index is 0.158. The van der Waals surface area contributed by atoms with E-state index in [4.69, 9.17) is 20.7 Å².